The molecule has 6 nitrogen and oxygen atoms in total. The molecule has 4 heterocycles. The van der Waals surface area contributed by atoms with Gasteiger partial charge in [0, 0.05) is 70.9 Å². The highest BCUT2D eigenvalue weighted by atomic mass is 16.3. The number of carbonyl (C=O) groups excluding carboxylic acids is 2. The number of nitrogens with one attached hydrogen (secondary N) is 1. The molecule has 0 bridgehead atoms. The van der Waals surface area contributed by atoms with Gasteiger partial charge in [-0.25, -0.2) is 0 Å². The first-order chi connectivity index (χ1) is 15.6. The fourth-order valence-electron chi connectivity index (χ4n) is 5.43. The van der Waals surface area contributed by atoms with Gasteiger partial charge in [0.25, 0.3) is 11.8 Å². The summed E-state index contributed by atoms with van der Waals surface area (Å²) in [6.07, 6.45) is 3.54. The quantitative estimate of drug-likeness (QED) is 0.495. The van der Waals surface area contributed by atoms with Gasteiger partial charge in [-0.1, -0.05) is 36.4 Å². The van der Waals surface area contributed by atoms with Crippen molar-refractivity contribution < 1.29 is 14.7 Å². The molecule has 0 radical (unpaired) electrons. The molecule has 0 saturated carbocycles. The topological polar surface area (TPSA) is 76.3 Å². The van der Waals surface area contributed by atoms with Crippen LogP contribution in [-0.2, 0) is 29.6 Å². The first kappa shape index (κ1) is 19.1. The Balaban J connectivity index is 1.69. The zero-order valence-corrected chi connectivity index (χ0v) is 17.8. The first-order valence-corrected chi connectivity index (χ1v) is 10.9. The fourth-order valence-corrected chi connectivity index (χ4v) is 5.43. The molecular weight excluding hydrogens is 402 g/mol. The molecule has 6 heteroatoms. The van der Waals surface area contributed by atoms with Gasteiger partial charge in [-0.15, -0.1) is 0 Å². The molecule has 1 unspecified atom stereocenters. The lowest BCUT2D eigenvalue weighted by molar-refractivity contribution is -0.122. The summed E-state index contributed by atoms with van der Waals surface area (Å²) >= 11 is 0. The third-order valence-electron chi connectivity index (χ3n) is 6.91. The van der Waals surface area contributed by atoms with E-state index in [1.54, 1.807) is 0 Å². The van der Waals surface area contributed by atoms with E-state index in [1.165, 1.54) is 0 Å². The molecule has 1 atom stereocenters. The number of imide groups is 1. The Morgan fingerprint density at radius 2 is 1.66 bits per heavy atom. The van der Waals surface area contributed by atoms with E-state index in [2.05, 4.69) is 16.0 Å². The van der Waals surface area contributed by atoms with Crippen LogP contribution < -0.4 is 5.32 Å². The Bertz CT molecular complexity index is 1470. The van der Waals surface area contributed by atoms with Crippen LogP contribution in [0.1, 0.15) is 23.2 Å². The number of hydrogen-bond donors (Lipinski definition) is 2. The van der Waals surface area contributed by atoms with Crippen molar-refractivity contribution in [3.8, 4) is 0 Å². The summed E-state index contributed by atoms with van der Waals surface area (Å²) in [5, 5.41) is 14.2. The fraction of sp³-hybridized carbons (Fsp3) is 0.231. The summed E-state index contributed by atoms with van der Waals surface area (Å²) in [6, 6.07) is 15.9. The molecule has 2 aliphatic heterocycles. The zero-order valence-electron chi connectivity index (χ0n) is 17.8. The van der Waals surface area contributed by atoms with E-state index in [9.17, 15) is 14.7 Å². The maximum Gasteiger partial charge on any atom is 0.259 e. The highest BCUT2D eigenvalue weighted by Gasteiger charge is 2.37. The highest BCUT2D eigenvalue weighted by molar-refractivity contribution is 6.51. The van der Waals surface area contributed by atoms with E-state index in [0.29, 0.717) is 17.7 Å². The van der Waals surface area contributed by atoms with E-state index >= 15 is 0 Å². The van der Waals surface area contributed by atoms with Crippen LogP contribution in [0.15, 0.2) is 54.7 Å². The minimum atomic E-state index is -0.352. The van der Waals surface area contributed by atoms with Crippen molar-refractivity contribution >= 4 is 44.8 Å². The lowest BCUT2D eigenvalue weighted by atomic mass is 9.91. The van der Waals surface area contributed by atoms with E-state index in [4.69, 9.17) is 0 Å². The standard InChI is InChI=1S/C26H23N3O3/c1-28-13-18(16-6-2-4-8-19(16)28)23-24(26(32)27-25(23)31)22-17-7-3-5-9-20(17)29-12-15(14-30)10-11-21(22)29/h2-9,13,15,30H,10-12,14H2,1H3,(H,27,31,32). The maximum atomic E-state index is 13.2. The molecule has 0 saturated heterocycles. The lowest BCUT2D eigenvalue weighted by Gasteiger charge is -2.24. The number of aryl methyl sites for hydroxylation is 1. The van der Waals surface area contributed by atoms with Gasteiger partial charge < -0.3 is 14.2 Å². The Morgan fingerprint density at radius 3 is 2.44 bits per heavy atom. The number of hydrogen-bond acceptors (Lipinski definition) is 3. The van der Waals surface area contributed by atoms with E-state index in [1.807, 2.05) is 60.3 Å². The third-order valence-corrected chi connectivity index (χ3v) is 6.91. The Hall–Kier alpha value is -3.64. The highest BCUT2D eigenvalue weighted by Crippen LogP contribution is 2.42. The summed E-state index contributed by atoms with van der Waals surface area (Å²) in [5.41, 5.74) is 5.63. The number of rotatable bonds is 3. The number of carbonyl (C=O) groups is 2. The average molecular weight is 425 g/mol. The summed E-state index contributed by atoms with van der Waals surface area (Å²) < 4.78 is 4.21. The molecule has 0 aliphatic carbocycles. The molecule has 2 amide bonds. The number of benzene rings is 2. The Kier molecular flexibility index (Phi) is 4.13. The van der Waals surface area contributed by atoms with Crippen molar-refractivity contribution in [2.45, 2.75) is 19.4 Å². The normalized spacial score (nSPS) is 18.6. The second-order valence-electron chi connectivity index (χ2n) is 8.74. The monoisotopic (exact) mass is 425 g/mol. The zero-order chi connectivity index (χ0) is 22.0. The van der Waals surface area contributed by atoms with Crippen LogP contribution >= 0.6 is 0 Å². The third kappa shape index (κ3) is 2.56. The number of amides is 2. The van der Waals surface area contributed by atoms with Crippen LogP contribution in [0.2, 0.25) is 0 Å². The van der Waals surface area contributed by atoms with Crippen molar-refractivity contribution in [1.82, 2.24) is 14.5 Å². The minimum Gasteiger partial charge on any atom is -0.396 e. The van der Waals surface area contributed by atoms with Gasteiger partial charge in [-0.05, 0) is 25.0 Å². The summed E-state index contributed by atoms with van der Waals surface area (Å²) in [5.74, 6) is -0.507. The molecule has 0 fully saturated rings. The summed E-state index contributed by atoms with van der Waals surface area (Å²) in [6.45, 7) is 0.850. The second-order valence-corrected chi connectivity index (χ2v) is 8.74. The molecule has 6 rings (SSSR count). The lowest BCUT2D eigenvalue weighted by Crippen LogP contribution is -2.24. The average Bonchev–Trinajstić information content (AvgIpc) is 3.41. The van der Waals surface area contributed by atoms with Gasteiger partial charge in [-0.2, -0.15) is 0 Å². The van der Waals surface area contributed by atoms with Crippen molar-refractivity contribution in [3.63, 3.8) is 0 Å². The van der Waals surface area contributed by atoms with Crippen LogP contribution in [0.3, 0.4) is 0 Å². The predicted octanol–water partition coefficient (Wildman–Crippen LogP) is 3.25. The molecule has 2 aliphatic rings. The first-order valence-electron chi connectivity index (χ1n) is 10.9. The van der Waals surface area contributed by atoms with Crippen LogP contribution in [0, 0.1) is 5.92 Å². The molecule has 32 heavy (non-hydrogen) atoms. The van der Waals surface area contributed by atoms with Crippen molar-refractivity contribution in [3.05, 3.63) is 71.5 Å². The SMILES string of the molecule is Cn1cc(C2=C(c3c4n(c5ccccc35)CC(CO)CC4)C(=O)NC2=O)c2ccccc21. The van der Waals surface area contributed by atoms with Gasteiger partial charge in [0.1, 0.15) is 0 Å². The minimum absolute atomic E-state index is 0.143. The van der Waals surface area contributed by atoms with Crippen molar-refractivity contribution in [2.75, 3.05) is 6.61 Å². The van der Waals surface area contributed by atoms with E-state index < -0.39 is 0 Å². The van der Waals surface area contributed by atoms with Crippen molar-refractivity contribution in [1.29, 1.82) is 0 Å². The molecule has 2 aromatic carbocycles. The number of aliphatic hydroxyl groups excluding tert-OH is 1. The smallest absolute Gasteiger partial charge is 0.259 e. The second kappa shape index (κ2) is 6.93. The summed E-state index contributed by atoms with van der Waals surface area (Å²) in [7, 11) is 1.95. The summed E-state index contributed by atoms with van der Waals surface area (Å²) in [4.78, 5) is 26.3. The van der Waals surface area contributed by atoms with Crippen LogP contribution in [0.5, 0.6) is 0 Å². The molecule has 2 aromatic heterocycles. The van der Waals surface area contributed by atoms with Crippen molar-refractivity contribution in [2.24, 2.45) is 13.0 Å². The van der Waals surface area contributed by atoms with Gasteiger partial charge in [0.05, 0.1) is 11.1 Å². The molecule has 4 aromatic rings. The van der Waals surface area contributed by atoms with Gasteiger partial charge in [-0.3, -0.25) is 14.9 Å². The molecule has 0 spiro atoms. The van der Waals surface area contributed by atoms with E-state index in [-0.39, 0.29) is 24.3 Å². The van der Waals surface area contributed by atoms with Gasteiger partial charge in [0.2, 0.25) is 0 Å². The molecule has 160 valence electrons. The molecule has 2 N–H and O–H groups in total. The van der Waals surface area contributed by atoms with Gasteiger partial charge in [0.15, 0.2) is 0 Å². The Labute approximate surface area is 184 Å². The van der Waals surface area contributed by atoms with E-state index in [0.717, 1.165) is 51.5 Å². The number of aromatic nitrogens is 2. The van der Waals surface area contributed by atoms with Crippen LogP contribution in [0.25, 0.3) is 33.0 Å². The molecular formula is C26H23N3O3. The number of fused-ring (bicyclic) bond motifs is 4. The number of aliphatic hydroxyl groups is 1. The Morgan fingerprint density at radius 1 is 0.969 bits per heavy atom. The number of nitrogens with zero attached hydrogens (tertiary/aromatic N) is 2. The number of para-hydroxylation sites is 2. The largest absolute Gasteiger partial charge is 0.396 e. The van der Waals surface area contributed by atoms with Crippen LogP contribution in [-0.4, -0.2) is 32.7 Å². The predicted molar refractivity (Wildman–Crippen MR) is 124 cm³/mol. The van der Waals surface area contributed by atoms with Gasteiger partial charge >= 0.3 is 0 Å². The maximum absolute atomic E-state index is 13.2. The van der Waals surface area contributed by atoms with Crippen LogP contribution in [0.4, 0.5) is 0 Å².